The molecule has 8 nitrogen and oxygen atoms in total. The normalized spacial score (nSPS) is 12.7. The first-order valence-corrected chi connectivity index (χ1v) is 9.36. The predicted molar refractivity (Wildman–Crippen MR) is 102 cm³/mol. The van der Waals surface area contributed by atoms with E-state index >= 15 is 0 Å². The van der Waals surface area contributed by atoms with Gasteiger partial charge in [-0.25, -0.2) is 4.98 Å². The lowest BCUT2D eigenvalue weighted by atomic mass is 10.1. The Morgan fingerprint density at radius 1 is 1.09 bits per heavy atom. The van der Waals surface area contributed by atoms with Gasteiger partial charge in [0.15, 0.2) is 6.61 Å². The molecule has 174 valence electrons. The topological polar surface area (TPSA) is 106 Å². The molecule has 1 atom stereocenters. The Bertz CT molecular complexity index is 938. The van der Waals surface area contributed by atoms with Crippen LogP contribution in [-0.4, -0.2) is 45.7 Å². The Morgan fingerprint density at radius 2 is 1.81 bits per heavy atom. The number of hydrogen-bond acceptors (Lipinski definition) is 6. The van der Waals surface area contributed by atoms with Crippen LogP contribution < -0.4 is 15.4 Å². The number of hydrogen-bond donors (Lipinski definition) is 2. The summed E-state index contributed by atoms with van der Waals surface area (Å²) in [6, 6.07) is 5.10. The van der Waals surface area contributed by atoms with Crippen molar-refractivity contribution in [1.82, 2.24) is 20.5 Å². The Balaban J connectivity index is 1.90. The molecule has 1 unspecified atom stereocenters. The highest BCUT2D eigenvalue weighted by Crippen LogP contribution is 2.35. The summed E-state index contributed by atoms with van der Waals surface area (Å²) in [7, 11) is 0. The quantitative estimate of drug-likeness (QED) is 0.556. The number of rotatable bonds is 9. The van der Waals surface area contributed by atoms with Crippen LogP contribution in [-0.2, 0) is 16.0 Å². The molecule has 0 bridgehead atoms. The van der Waals surface area contributed by atoms with E-state index in [0.29, 0.717) is 11.4 Å². The van der Waals surface area contributed by atoms with Crippen molar-refractivity contribution < 1.29 is 36.3 Å². The first-order valence-electron chi connectivity index (χ1n) is 9.36. The van der Waals surface area contributed by atoms with Crippen LogP contribution in [0.25, 0.3) is 0 Å². The molecule has 0 saturated heterocycles. The van der Waals surface area contributed by atoms with Crippen LogP contribution in [0.5, 0.6) is 5.88 Å². The SMILES string of the molecule is CCC(=O)Nc1cc(C(C)NC(=O)Cc2ccc(OCC(F)(F)C(F)(F)F)nn2)ccn1. The molecule has 2 N–H and O–H groups in total. The summed E-state index contributed by atoms with van der Waals surface area (Å²) in [5, 5.41) is 12.3. The molecule has 0 spiro atoms. The molecular weight excluding hydrogens is 441 g/mol. The van der Waals surface area contributed by atoms with Gasteiger partial charge in [0.25, 0.3) is 0 Å². The van der Waals surface area contributed by atoms with Gasteiger partial charge in [-0.2, -0.15) is 27.1 Å². The number of aromatic nitrogens is 3. The third-order valence-electron chi connectivity index (χ3n) is 4.10. The summed E-state index contributed by atoms with van der Waals surface area (Å²) in [6.07, 6.45) is -4.20. The third kappa shape index (κ3) is 7.10. The molecule has 0 fully saturated rings. The second-order valence-corrected chi connectivity index (χ2v) is 6.70. The molecule has 0 aliphatic heterocycles. The van der Waals surface area contributed by atoms with E-state index in [1.165, 1.54) is 12.3 Å². The van der Waals surface area contributed by atoms with E-state index in [2.05, 4.69) is 30.6 Å². The highest BCUT2D eigenvalue weighted by Gasteiger charge is 2.58. The number of nitrogens with zero attached hydrogens (tertiary/aromatic N) is 3. The lowest BCUT2D eigenvalue weighted by molar-refractivity contribution is -0.290. The Kier molecular flexibility index (Phi) is 8.00. The van der Waals surface area contributed by atoms with Gasteiger partial charge in [-0.15, -0.1) is 5.10 Å². The van der Waals surface area contributed by atoms with Crippen molar-refractivity contribution in [2.45, 2.75) is 44.8 Å². The lowest BCUT2D eigenvalue weighted by Gasteiger charge is -2.19. The molecule has 0 radical (unpaired) electrons. The standard InChI is InChI=1S/C19H20F5N5O3/c1-3-15(30)27-14-8-12(6-7-25-14)11(2)26-16(31)9-13-4-5-17(29-28-13)32-10-18(20,21)19(22,23)24/h4-8,11H,3,9-10H2,1-2H3,(H,26,31)(H,25,27,30). The summed E-state index contributed by atoms with van der Waals surface area (Å²) < 4.78 is 66.5. The van der Waals surface area contributed by atoms with Gasteiger partial charge in [0.2, 0.25) is 17.7 Å². The zero-order chi connectivity index (χ0) is 23.9. The number of amides is 2. The van der Waals surface area contributed by atoms with Crippen molar-refractivity contribution in [3.8, 4) is 5.88 Å². The maximum atomic E-state index is 12.9. The molecular formula is C19H20F5N5O3. The number of pyridine rings is 1. The fourth-order valence-electron chi connectivity index (χ4n) is 2.32. The van der Waals surface area contributed by atoms with Gasteiger partial charge >= 0.3 is 12.1 Å². The second kappa shape index (κ2) is 10.3. The first kappa shape index (κ1) is 24.9. The van der Waals surface area contributed by atoms with Crippen LogP contribution in [0.4, 0.5) is 27.8 Å². The largest absolute Gasteiger partial charge is 0.470 e. The van der Waals surface area contributed by atoms with Crippen molar-refractivity contribution in [3.63, 3.8) is 0 Å². The highest BCUT2D eigenvalue weighted by molar-refractivity contribution is 5.89. The van der Waals surface area contributed by atoms with Crippen LogP contribution in [0.15, 0.2) is 30.5 Å². The Labute approximate surface area is 179 Å². The lowest BCUT2D eigenvalue weighted by Crippen LogP contribution is -2.41. The number of alkyl halides is 5. The molecule has 0 aliphatic carbocycles. The second-order valence-electron chi connectivity index (χ2n) is 6.70. The minimum Gasteiger partial charge on any atom is -0.470 e. The van der Waals surface area contributed by atoms with Crippen molar-refractivity contribution in [2.24, 2.45) is 0 Å². The average molecular weight is 461 g/mol. The fraction of sp³-hybridized carbons (Fsp3) is 0.421. The molecule has 0 saturated carbocycles. The minimum atomic E-state index is -5.74. The van der Waals surface area contributed by atoms with Crippen molar-refractivity contribution in [2.75, 3.05) is 11.9 Å². The van der Waals surface area contributed by atoms with Crippen LogP contribution in [0.3, 0.4) is 0 Å². The highest BCUT2D eigenvalue weighted by atomic mass is 19.4. The Hall–Kier alpha value is -3.38. The first-order chi connectivity index (χ1) is 14.9. The predicted octanol–water partition coefficient (Wildman–Crippen LogP) is 3.22. The summed E-state index contributed by atoms with van der Waals surface area (Å²) in [5.41, 5.74) is 0.829. The average Bonchev–Trinajstić information content (AvgIpc) is 2.72. The van der Waals surface area contributed by atoms with Gasteiger partial charge < -0.3 is 15.4 Å². The van der Waals surface area contributed by atoms with Crippen LogP contribution in [0.1, 0.15) is 37.6 Å². The number of anilines is 1. The van der Waals surface area contributed by atoms with E-state index in [-0.39, 0.29) is 24.4 Å². The summed E-state index contributed by atoms with van der Waals surface area (Å²) in [4.78, 5) is 27.7. The summed E-state index contributed by atoms with van der Waals surface area (Å²) >= 11 is 0. The van der Waals surface area contributed by atoms with E-state index in [1.54, 1.807) is 26.0 Å². The van der Waals surface area contributed by atoms with Crippen LogP contribution in [0, 0.1) is 0 Å². The van der Waals surface area contributed by atoms with E-state index in [4.69, 9.17) is 0 Å². The van der Waals surface area contributed by atoms with E-state index in [9.17, 15) is 31.5 Å². The molecule has 0 aromatic carbocycles. The van der Waals surface area contributed by atoms with Crippen molar-refractivity contribution in [3.05, 3.63) is 41.7 Å². The molecule has 2 aromatic rings. The number of nitrogens with one attached hydrogen (secondary N) is 2. The zero-order valence-corrected chi connectivity index (χ0v) is 17.0. The van der Waals surface area contributed by atoms with E-state index in [0.717, 1.165) is 6.07 Å². The van der Waals surface area contributed by atoms with Gasteiger partial charge in [-0.05, 0) is 30.7 Å². The number of carbonyl (C=O) groups excluding carboxylic acids is 2. The fourth-order valence-corrected chi connectivity index (χ4v) is 2.32. The maximum Gasteiger partial charge on any atom is 0.456 e. The number of ether oxygens (including phenoxy) is 1. The van der Waals surface area contributed by atoms with Gasteiger partial charge in [-0.3, -0.25) is 9.59 Å². The molecule has 2 heterocycles. The van der Waals surface area contributed by atoms with Crippen molar-refractivity contribution >= 4 is 17.6 Å². The number of carbonyl (C=O) groups is 2. The molecule has 2 rings (SSSR count). The minimum absolute atomic E-state index is 0.148. The number of halogens is 5. The monoisotopic (exact) mass is 461 g/mol. The van der Waals surface area contributed by atoms with Crippen molar-refractivity contribution in [1.29, 1.82) is 0 Å². The van der Waals surface area contributed by atoms with Crippen LogP contribution >= 0.6 is 0 Å². The smallest absolute Gasteiger partial charge is 0.456 e. The molecule has 13 heteroatoms. The summed E-state index contributed by atoms with van der Waals surface area (Å²) in [5.74, 6) is -5.88. The molecule has 0 aliphatic rings. The molecule has 32 heavy (non-hydrogen) atoms. The molecule has 2 amide bonds. The van der Waals surface area contributed by atoms with Gasteiger partial charge in [-0.1, -0.05) is 6.92 Å². The maximum absolute atomic E-state index is 12.9. The van der Waals surface area contributed by atoms with Crippen LogP contribution in [0.2, 0.25) is 0 Å². The van der Waals surface area contributed by atoms with E-state index < -0.39 is 36.5 Å². The Morgan fingerprint density at radius 3 is 2.41 bits per heavy atom. The van der Waals surface area contributed by atoms with Gasteiger partial charge in [0.05, 0.1) is 18.2 Å². The van der Waals surface area contributed by atoms with Gasteiger partial charge in [0, 0.05) is 18.7 Å². The van der Waals surface area contributed by atoms with Gasteiger partial charge in [0.1, 0.15) is 5.82 Å². The molecule has 2 aromatic heterocycles. The zero-order valence-electron chi connectivity index (χ0n) is 17.0. The third-order valence-corrected chi connectivity index (χ3v) is 4.10. The van der Waals surface area contributed by atoms with E-state index in [1.807, 2.05) is 0 Å². The summed E-state index contributed by atoms with van der Waals surface area (Å²) in [6.45, 7) is 1.47.